The Morgan fingerprint density at radius 2 is 1.61 bits per heavy atom. The van der Waals surface area contributed by atoms with Gasteiger partial charge in [-0.2, -0.15) is 11.8 Å². The topological polar surface area (TPSA) is 78.5 Å². The molecule has 0 aromatic rings. The van der Waals surface area contributed by atoms with E-state index < -0.39 is 0 Å². The summed E-state index contributed by atoms with van der Waals surface area (Å²) < 4.78 is 0. The van der Waals surface area contributed by atoms with Crippen LogP contribution in [0.5, 0.6) is 0 Å². The minimum Gasteiger partial charge on any atom is -0.353 e. The Bertz CT molecular complexity index is 341. The molecule has 170 valence electrons. The zero-order chi connectivity index (χ0) is 22.8. The zero-order valence-electron chi connectivity index (χ0n) is 19.9. The van der Waals surface area contributed by atoms with Gasteiger partial charge < -0.3 is 15.4 Å². The first kappa shape index (κ1) is 34.6. The predicted molar refractivity (Wildman–Crippen MR) is 125 cm³/mol. The first-order valence-corrected chi connectivity index (χ1v) is 11.8. The third kappa shape index (κ3) is 29.8. The highest BCUT2D eigenvalue weighted by atomic mass is 32.2. The summed E-state index contributed by atoms with van der Waals surface area (Å²) in [7, 11) is 5.42. The molecule has 1 atom stereocenters. The smallest absolute Gasteiger partial charge is 0.237 e. The van der Waals surface area contributed by atoms with E-state index in [1.807, 2.05) is 46.5 Å². The van der Waals surface area contributed by atoms with Gasteiger partial charge in [-0.1, -0.05) is 34.1 Å². The van der Waals surface area contributed by atoms with Gasteiger partial charge in [0.15, 0.2) is 0 Å². The fourth-order valence-electron chi connectivity index (χ4n) is 1.86. The van der Waals surface area contributed by atoms with Crippen LogP contribution in [0.25, 0.3) is 0 Å². The van der Waals surface area contributed by atoms with Gasteiger partial charge >= 0.3 is 0 Å². The molecule has 0 rings (SSSR count). The number of ketones is 1. The molecule has 0 saturated carbocycles. The van der Waals surface area contributed by atoms with Gasteiger partial charge in [0.1, 0.15) is 12.1 Å². The maximum absolute atomic E-state index is 11.7. The number of carbonyl (C=O) groups excluding carboxylic acids is 3. The van der Waals surface area contributed by atoms with Crippen molar-refractivity contribution >= 4 is 29.7 Å². The van der Waals surface area contributed by atoms with Gasteiger partial charge in [-0.25, -0.2) is 0 Å². The molecule has 7 heteroatoms. The molecule has 0 aliphatic carbocycles. The monoisotopic (exact) mass is 421 g/mol. The molecule has 0 fully saturated rings. The summed E-state index contributed by atoms with van der Waals surface area (Å²) in [6.45, 7) is 10.8. The van der Waals surface area contributed by atoms with Crippen molar-refractivity contribution < 1.29 is 14.4 Å². The van der Waals surface area contributed by atoms with Crippen LogP contribution in [0, 0.1) is 0 Å². The average molecular weight is 422 g/mol. The van der Waals surface area contributed by atoms with Crippen molar-refractivity contribution in [1.82, 2.24) is 15.5 Å². The van der Waals surface area contributed by atoms with Crippen molar-refractivity contribution in [2.45, 2.75) is 72.8 Å². The number of unbranched alkanes of at least 4 members (excludes halogenated alkanes) is 3. The van der Waals surface area contributed by atoms with Crippen LogP contribution in [0.3, 0.4) is 0 Å². The van der Waals surface area contributed by atoms with E-state index in [1.165, 1.54) is 25.5 Å². The fourth-order valence-corrected chi connectivity index (χ4v) is 2.35. The lowest BCUT2D eigenvalue weighted by atomic mass is 10.1. The summed E-state index contributed by atoms with van der Waals surface area (Å²) in [4.78, 5) is 34.2. The second-order valence-corrected chi connectivity index (χ2v) is 6.77. The second-order valence-electron chi connectivity index (χ2n) is 5.79. The SMILES string of the molecule is CC.CC.CNCCNC(=O)C(CC(C)=O)N(C)C.CSCCCCCC=O. The third-order valence-corrected chi connectivity index (χ3v) is 3.95. The summed E-state index contributed by atoms with van der Waals surface area (Å²) in [5.41, 5.74) is 0. The lowest BCUT2D eigenvalue weighted by Gasteiger charge is -2.22. The number of nitrogens with one attached hydrogen (secondary N) is 2. The zero-order valence-corrected chi connectivity index (χ0v) is 20.7. The van der Waals surface area contributed by atoms with E-state index in [-0.39, 0.29) is 24.2 Å². The maximum Gasteiger partial charge on any atom is 0.237 e. The molecule has 2 N–H and O–H groups in total. The van der Waals surface area contributed by atoms with Crippen molar-refractivity contribution in [2.24, 2.45) is 0 Å². The molecule has 28 heavy (non-hydrogen) atoms. The number of nitrogens with zero attached hydrogens (tertiary/aromatic N) is 1. The Morgan fingerprint density at radius 1 is 1.04 bits per heavy atom. The van der Waals surface area contributed by atoms with E-state index in [1.54, 1.807) is 19.0 Å². The Morgan fingerprint density at radius 3 is 2.00 bits per heavy atom. The van der Waals surface area contributed by atoms with Gasteiger partial charge in [-0.05, 0) is 52.9 Å². The number of hydrogen-bond donors (Lipinski definition) is 2. The van der Waals surface area contributed by atoms with Gasteiger partial charge in [-0.3, -0.25) is 14.5 Å². The summed E-state index contributed by atoms with van der Waals surface area (Å²) in [6, 6.07) is -0.362. The van der Waals surface area contributed by atoms with E-state index in [0.717, 1.165) is 25.7 Å². The molecule has 1 amide bonds. The van der Waals surface area contributed by atoms with Gasteiger partial charge in [0.05, 0.1) is 6.04 Å². The quantitative estimate of drug-likeness (QED) is 0.350. The lowest BCUT2D eigenvalue weighted by molar-refractivity contribution is -0.129. The Labute approximate surface area is 179 Å². The number of thioether (sulfide) groups is 1. The normalized spacial score (nSPS) is 10.2. The number of likely N-dealkylation sites (N-methyl/N-ethyl adjacent to an activating group) is 2. The highest BCUT2D eigenvalue weighted by molar-refractivity contribution is 7.98. The van der Waals surface area contributed by atoms with Gasteiger partial charge in [0, 0.05) is 25.9 Å². The van der Waals surface area contributed by atoms with Crippen LogP contribution in [-0.2, 0) is 14.4 Å². The molecule has 1 unspecified atom stereocenters. The number of aldehydes is 1. The summed E-state index contributed by atoms with van der Waals surface area (Å²) in [5, 5.41) is 5.71. The summed E-state index contributed by atoms with van der Waals surface area (Å²) >= 11 is 1.87. The highest BCUT2D eigenvalue weighted by Gasteiger charge is 2.21. The Balaban J connectivity index is -0.000000189. The largest absolute Gasteiger partial charge is 0.353 e. The molecule has 0 aromatic heterocycles. The van der Waals surface area contributed by atoms with Crippen LogP contribution < -0.4 is 10.6 Å². The number of rotatable bonds is 13. The lowest BCUT2D eigenvalue weighted by Crippen LogP contribution is -2.45. The van der Waals surface area contributed by atoms with E-state index in [2.05, 4.69) is 16.9 Å². The second kappa shape index (κ2) is 30.8. The van der Waals surface area contributed by atoms with Crippen LogP contribution >= 0.6 is 11.8 Å². The van der Waals surface area contributed by atoms with Crippen molar-refractivity contribution in [3.63, 3.8) is 0 Å². The van der Waals surface area contributed by atoms with Crippen LogP contribution in [0.2, 0.25) is 0 Å². The van der Waals surface area contributed by atoms with E-state index in [9.17, 15) is 14.4 Å². The first-order valence-electron chi connectivity index (χ1n) is 10.4. The van der Waals surface area contributed by atoms with E-state index in [0.29, 0.717) is 6.54 Å². The number of amides is 1. The average Bonchev–Trinajstić information content (AvgIpc) is 2.69. The fraction of sp³-hybridized carbons (Fsp3) is 0.857. The number of carbonyl (C=O) groups is 3. The molecule has 0 aliphatic rings. The third-order valence-electron chi connectivity index (χ3n) is 3.25. The molecule has 0 radical (unpaired) electrons. The van der Waals surface area contributed by atoms with Crippen LogP contribution in [0.15, 0.2) is 0 Å². The van der Waals surface area contributed by atoms with Crippen LogP contribution in [-0.4, -0.2) is 75.2 Å². The predicted octanol–water partition coefficient (Wildman–Crippen LogP) is 3.39. The molecule has 0 saturated heterocycles. The van der Waals surface area contributed by atoms with Crippen molar-refractivity contribution in [3.05, 3.63) is 0 Å². The van der Waals surface area contributed by atoms with Crippen molar-refractivity contribution in [3.8, 4) is 0 Å². The summed E-state index contributed by atoms with van der Waals surface area (Å²) in [5.74, 6) is 1.17. The number of Topliss-reactive ketones (excluding diaryl/α,β-unsaturated/α-hetero) is 1. The summed E-state index contributed by atoms with van der Waals surface area (Å²) in [6.07, 6.45) is 7.66. The first-order chi connectivity index (χ1) is 13.4. The standard InChI is InChI=1S/C10H21N3O2.C7H14OS.2C2H6/c1-8(14)7-9(13(3)4)10(15)12-6-5-11-2;1-9-7-5-3-2-4-6-8;2*1-2/h9,11H,5-7H2,1-4H3,(H,12,15);6H,2-5,7H2,1H3;2*1-2H3. The molecular weight excluding hydrogens is 374 g/mol. The maximum atomic E-state index is 11.7. The molecular formula is C21H47N3O3S. The Kier molecular flexibility index (Phi) is 38.0. The molecule has 0 heterocycles. The Hall–Kier alpha value is -0.920. The van der Waals surface area contributed by atoms with Crippen molar-refractivity contribution in [2.75, 3.05) is 46.2 Å². The van der Waals surface area contributed by atoms with Gasteiger partial charge in [-0.15, -0.1) is 0 Å². The number of hydrogen-bond acceptors (Lipinski definition) is 6. The molecule has 0 aromatic carbocycles. The van der Waals surface area contributed by atoms with Crippen molar-refractivity contribution in [1.29, 1.82) is 0 Å². The van der Waals surface area contributed by atoms with E-state index >= 15 is 0 Å². The molecule has 0 bridgehead atoms. The van der Waals surface area contributed by atoms with Gasteiger partial charge in [0.2, 0.25) is 5.91 Å². The minimum atomic E-state index is -0.362. The van der Waals surface area contributed by atoms with Crippen LogP contribution in [0.1, 0.15) is 66.7 Å². The minimum absolute atomic E-state index is 0.0254. The molecule has 6 nitrogen and oxygen atoms in total. The molecule has 0 aliphatic heterocycles. The highest BCUT2D eigenvalue weighted by Crippen LogP contribution is 2.03. The van der Waals surface area contributed by atoms with Crippen LogP contribution in [0.4, 0.5) is 0 Å². The van der Waals surface area contributed by atoms with Gasteiger partial charge in [0.25, 0.3) is 0 Å². The molecule has 0 spiro atoms. The van der Waals surface area contributed by atoms with E-state index in [4.69, 9.17) is 0 Å².